The largest absolute Gasteiger partial charge is 0.309 e. The third-order valence-corrected chi connectivity index (χ3v) is 13.2. The summed E-state index contributed by atoms with van der Waals surface area (Å²) in [6.45, 7) is 8.61. The second-order valence-corrected chi connectivity index (χ2v) is 17.9. The molecule has 12 aromatic rings. The highest BCUT2D eigenvalue weighted by atomic mass is 15.1. The van der Waals surface area contributed by atoms with Crippen LogP contribution in [0.25, 0.3) is 111 Å². The maximum atomic E-state index is 10.4. The third-order valence-electron chi connectivity index (χ3n) is 13.2. The summed E-state index contributed by atoms with van der Waals surface area (Å²) in [6.07, 6.45) is 0. The molecule has 3 aromatic heterocycles. The first-order valence-electron chi connectivity index (χ1n) is 23.0. The lowest BCUT2D eigenvalue weighted by Gasteiger charge is -2.19. The van der Waals surface area contributed by atoms with E-state index >= 15 is 0 Å². The van der Waals surface area contributed by atoms with E-state index < -0.39 is 0 Å². The maximum absolute atomic E-state index is 10.4. The molecule has 68 heavy (non-hydrogen) atoms. The molecule has 0 amide bonds. The molecule has 0 unspecified atom stereocenters. The van der Waals surface area contributed by atoms with Crippen LogP contribution in [-0.2, 0) is 0 Å². The summed E-state index contributed by atoms with van der Waals surface area (Å²) in [5, 5.41) is 15.1. The predicted octanol–water partition coefficient (Wildman–Crippen LogP) is 15.5. The van der Waals surface area contributed by atoms with Gasteiger partial charge in [-0.2, -0.15) is 5.26 Å². The quantitative estimate of drug-likeness (QED) is 0.160. The molecule has 0 aliphatic heterocycles. The minimum absolute atomic E-state index is 0.555. The highest BCUT2D eigenvalue weighted by Gasteiger charge is 2.23. The SMILES string of the molecule is Cc1ccc2c(c1)c1cc(C)ccc1n2-c1ccc(-c2ccccc2C#N)cc1-c1ccc(-n2c3ccc(C)cc3c3cc(C)ccc32)c(-c2nc(-c3ccccc3)nc(-c3ccccc3)n2)c1. The van der Waals surface area contributed by atoms with E-state index in [1.54, 1.807) is 0 Å². The van der Waals surface area contributed by atoms with Crippen LogP contribution < -0.4 is 0 Å². The molecular weight excluding hydrogens is 829 g/mol. The second-order valence-electron chi connectivity index (χ2n) is 17.9. The summed E-state index contributed by atoms with van der Waals surface area (Å²) >= 11 is 0. The molecule has 0 spiro atoms. The molecule has 6 heteroatoms. The summed E-state index contributed by atoms with van der Waals surface area (Å²) in [5.74, 6) is 1.73. The van der Waals surface area contributed by atoms with Crippen molar-refractivity contribution in [1.29, 1.82) is 5.26 Å². The fourth-order valence-corrected chi connectivity index (χ4v) is 9.99. The molecule has 3 heterocycles. The van der Waals surface area contributed by atoms with Gasteiger partial charge < -0.3 is 9.13 Å². The van der Waals surface area contributed by atoms with Crippen molar-refractivity contribution >= 4 is 43.6 Å². The zero-order valence-corrected chi connectivity index (χ0v) is 38.2. The number of aromatic nitrogens is 5. The van der Waals surface area contributed by atoms with E-state index in [0.717, 1.165) is 72.4 Å². The smallest absolute Gasteiger partial charge is 0.166 e. The Morgan fingerprint density at radius 3 is 1.18 bits per heavy atom. The first-order chi connectivity index (χ1) is 33.3. The number of nitrogens with zero attached hydrogens (tertiary/aromatic N) is 6. The normalized spacial score (nSPS) is 11.5. The first-order valence-corrected chi connectivity index (χ1v) is 23.0. The number of rotatable bonds is 7. The van der Waals surface area contributed by atoms with E-state index in [-0.39, 0.29) is 0 Å². The lowest BCUT2D eigenvalue weighted by atomic mass is 9.93. The van der Waals surface area contributed by atoms with Gasteiger partial charge in [-0.25, -0.2) is 15.0 Å². The second kappa shape index (κ2) is 16.2. The summed E-state index contributed by atoms with van der Waals surface area (Å²) < 4.78 is 4.77. The van der Waals surface area contributed by atoms with Crippen molar-refractivity contribution in [2.75, 3.05) is 0 Å². The number of fused-ring (bicyclic) bond motifs is 6. The molecule has 0 aliphatic carbocycles. The molecule has 0 radical (unpaired) electrons. The molecule has 0 aliphatic rings. The predicted molar refractivity (Wildman–Crippen MR) is 279 cm³/mol. The highest BCUT2D eigenvalue weighted by molar-refractivity contribution is 6.11. The zero-order chi connectivity index (χ0) is 46.0. The Balaban J connectivity index is 1.20. The van der Waals surface area contributed by atoms with Gasteiger partial charge in [0, 0.05) is 43.8 Å². The van der Waals surface area contributed by atoms with Gasteiger partial charge in [0.15, 0.2) is 17.5 Å². The summed E-state index contributed by atoms with van der Waals surface area (Å²) in [6, 6.07) is 70.8. The summed E-state index contributed by atoms with van der Waals surface area (Å²) in [5.41, 5.74) is 18.3. The van der Waals surface area contributed by atoms with E-state index in [4.69, 9.17) is 15.0 Å². The zero-order valence-electron chi connectivity index (χ0n) is 38.2. The van der Waals surface area contributed by atoms with Crippen molar-refractivity contribution in [3.63, 3.8) is 0 Å². The number of benzene rings is 9. The summed E-state index contributed by atoms with van der Waals surface area (Å²) in [4.78, 5) is 15.9. The molecule has 6 nitrogen and oxygen atoms in total. The number of aryl methyl sites for hydroxylation is 4. The molecule has 9 aromatic carbocycles. The van der Waals surface area contributed by atoms with E-state index in [0.29, 0.717) is 23.0 Å². The Labute approximate surface area is 394 Å². The van der Waals surface area contributed by atoms with Crippen LogP contribution in [0.4, 0.5) is 0 Å². The van der Waals surface area contributed by atoms with Crippen molar-refractivity contribution in [3.05, 3.63) is 222 Å². The van der Waals surface area contributed by atoms with Gasteiger partial charge in [0.1, 0.15) is 0 Å². The molecule has 0 fully saturated rings. The average molecular weight is 873 g/mol. The Kier molecular flexibility index (Phi) is 9.67. The Bertz CT molecular complexity index is 3840. The third kappa shape index (κ3) is 6.83. The van der Waals surface area contributed by atoms with Crippen molar-refractivity contribution in [2.24, 2.45) is 0 Å². The van der Waals surface area contributed by atoms with Crippen LogP contribution in [0.5, 0.6) is 0 Å². The van der Waals surface area contributed by atoms with Crippen LogP contribution in [0.2, 0.25) is 0 Å². The van der Waals surface area contributed by atoms with Crippen LogP contribution in [0.15, 0.2) is 194 Å². The lowest BCUT2D eigenvalue weighted by molar-refractivity contribution is 1.06. The molecule has 0 saturated heterocycles. The van der Waals surface area contributed by atoms with Gasteiger partial charge in [0.05, 0.1) is 45.1 Å². The van der Waals surface area contributed by atoms with Crippen LogP contribution in [0, 0.1) is 39.0 Å². The van der Waals surface area contributed by atoms with Crippen molar-refractivity contribution in [3.8, 4) is 73.9 Å². The van der Waals surface area contributed by atoms with Crippen molar-refractivity contribution in [1.82, 2.24) is 24.1 Å². The van der Waals surface area contributed by atoms with Crippen molar-refractivity contribution < 1.29 is 0 Å². The van der Waals surface area contributed by atoms with E-state index in [2.05, 4.69) is 176 Å². The molecule has 0 saturated carbocycles. The topological polar surface area (TPSA) is 72.3 Å². The minimum Gasteiger partial charge on any atom is -0.309 e. The Morgan fingerprint density at radius 1 is 0.338 bits per heavy atom. The Morgan fingerprint density at radius 2 is 0.721 bits per heavy atom. The maximum Gasteiger partial charge on any atom is 0.166 e. The van der Waals surface area contributed by atoms with Crippen LogP contribution >= 0.6 is 0 Å². The highest BCUT2D eigenvalue weighted by Crippen LogP contribution is 2.43. The molecule has 0 N–H and O–H groups in total. The molecule has 0 bridgehead atoms. The molecule has 0 atom stereocenters. The molecular formula is C62H44N6. The Hall–Kier alpha value is -8.92. The van der Waals surface area contributed by atoms with Gasteiger partial charge in [-0.3, -0.25) is 0 Å². The average Bonchev–Trinajstić information content (AvgIpc) is 3.86. The van der Waals surface area contributed by atoms with Gasteiger partial charge in [-0.1, -0.05) is 138 Å². The van der Waals surface area contributed by atoms with Gasteiger partial charge in [0.2, 0.25) is 0 Å². The standard InChI is InChI=1S/C62H44N6/c1-38-19-25-55-49(31-38)50-32-39(2)20-26-56(50)67(55)54-29-23-44(47-18-12-11-17-46(47)37-63)35-48(54)45-24-30-59(68-57-27-21-40(3)33-51(57)52-34-41(4)22-28-58(52)68)53(36-45)62-65-60(42-13-7-5-8-14-42)64-61(66-62)43-15-9-6-10-16-43/h5-36H,1-4H3. The molecule has 12 rings (SSSR count). The number of hydrogen-bond donors (Lipinski definition) is 0. The van der Waals surface area contributed by atoms with Gasteiger partial charge in [0.25, 0.3) is 0 Å². The van der Waals surface area contributed by atoms with Gasteiger partial charge in [-0.15, -0.1) is 0 Å². The van der Waals surface area contributed by atoms with E-state index in [1.807, 2.05) is 60.7 Å². The fourth-order valence-electron chi connectivity index (χ4n) is 9.99. The minimum atomic E-state index is 0.555. The van der Waals surface area contributed by atoms with E-state index in [9.17, 15) is 5.26 Å². The van der Waals surface area contributed by atoms with Crippen LogP contribution in [0.1, 0.15) is 27.8 Å². The number of hydrogen-bond acceptors (Lipinski definition) is 4. The monoisotopic (exact) mass is 872 g/mol. The van der Waals surface area contributed by atoms with E-state index in [1.165, 1.54) is 43.8 Å². The lowest BCUT2D eigenvalue weighted by Crippen LogP contribution is -2.04. The summed E-state index contributed by atoms with van der Waals surface area (Å²) in [7, 11) is 0. The fraction of sp³-hybridized carbons (Fsp3) is 0.0645. The van der Waals surface area contributed by atoms with Gasteiger partial charge in [-0.05, 0) is 123 Å². The molecule has 322 valence electrons. The van der Waals surface area contributed by atoms with Crippen LogP contribution in [-0.4, -0.2) is 24.1 Å². The first kappa shape index (κ1) is 40.6. The van der Waals surface area contributed by atoms with Gasteiger partial charge >= 0.3 is 0 Å². The van der Waals surface area contributed by atoms with Crippen LogP contribution in [0.3, 0.4) is 0 Å². The van der Waals surface area contributed by atoms with Crippen molar-refractivity contribution in [2.45, 2.75) is 27.7 Å². The number of nitriles is 1.